The Kier molecular flexibility index (Phi) is 9.59. The van der Waals surface area contributed by atoms with Gasteiger partial charge in [-0.2, -0.15) is 11.8 Å². The minimum absolute atomic E-state index is 0.201. The third kappa shape index (κ3) is 6.91. The van der Waals surface area contributed by atoms with E-state index < -0.39 is 5.54 Å². The summed E-state index contributed by atoms with van der Waals surface area (Å²) in [5.41, 5.74) is -0.565. The molecule has 17 heavy (non-hydrogen) atoms. The molecule has 102 valence electrons. The Morgan fingerprint density at radius 3 is 2.53 bits per heavy atom. The zero-order chi connectivity index (χ0) is 13.1. The lowest BCUT2D eigenvalue weighted by atomic mass is 9.95. The number of ether oxygens (including phenoxy) is 1. The first-order chi connectivity index (χ1) is 8.10. The predicted molar refractivity (Wildman–Crippen MR) is 72.4 cm³/mol. The lowest BCUT2D eigenvalue weighted by molar-refractivity contribution is -0.148. The molecule has 0 aromatic rings. The number of carbonyl (C=O) groups is 1. The van der Waals surface area contributed by atoms with Crippen molar-refractivity contribution in [2.24, 2.45) is 0 Å². The molecule has 0 aliphatic carbocycles. The Hall–Kier alpha value is -0.260. The summed E-state index contributed by atoms with van der Waals surface area (Å²) in [5.74, 6) is 1.89. The molecule has 0 aromatic heterocycles. The van der Waals surface area contributed by atoms with Crippen LogP contribution in [0.3, 0.4) is 0 Å². The predicted octanol–water partition coefficient (Wildman–Crippen LogP) is 1.42. The number of aliphatic hydroxyl groups is 1. The van der Waals surface area contributed by atoms with Crippen LogP contribution < -0.4 is 5.32 Å². The SMILES string of the molecule is CNC(C)(CCCCSCCCO)C(=O)OC. The summed E-state index contributed by atoms with van der Waals surface area (Å²) >= 11 is 1.85. The van der Waals surface area contributed by atoms with Crippen LogP contribution >= 0.6 is 11.8 Å². The van der Waals surface area contributed by atoms with Gasteiger partial charge in [0, 0.05) is 6.61 Å². The van der Waals surface area contributed by atoms with Crippen molar-refractivity contribution in [3.8, 4) is 0 Å². The number of thioether (sulfide) groups is 1. The number of unbranched alkanes of at least 4 members (excludes halogenated alkanes) is 1. The van der Waals surface area contributed by atoms with E-state index in [0.717, 1.165) is 37.2 Å². The van der Waals surface area contributed by atoms with Gasteiger partial charge in [-0.1, -0.05) is 6.42 Å². The zero-order valence-electron chi connectivity index (χ0n) is 11.1. The van der Waals surface area contributed by atoms with Crippen LogP contribution in [-0.2, 0) is 9.53 Å². The molecule has 0 saturated heterocycles. The Balaban J connectivity index is 3.67. The smallest absolute Gasteiger partial charge is 0.325 e. The molecule has 5 heteroatoms. The summed E-state index contributed by atoms with van der Waals surface area (Å²) in [6, 6.07) is 0. The molecule has 0 fully saturated rings. The first-order valence-electron chi connectivity index (χ1n) is 6.06. The monoisotopic (exact) mass is 263 g/mol. The van der Waals surface area contributed by atoms with Crippen molar-refractivity contribution >= 4 is 17.7 Å². The molecular formula is C12H25NO3S. The minimum atomic E-state index is -0.565. The highest BCUT2D eigenvalue weighted by molar-refractivity contribution is 7.99. The Morgan fingerprint density at radius 1 is 1.35 bits per heavy atom. The quantitative estimate of drug-likeness (QED) is 0.461. The molecule has 0 heterocycles. The molecule has 1 unspecified atom stereocenters. The summed E-state index contributed by atoms with van der Waals surface area (Å²) in [4.78, 5) is 11.6. The Morgan fingerprint density at radius 2 is 2.00 bits per heavy atom. The van der Waals surface area contributed by atoms with Gasteiger partial charge >= 0.3 is 5.97 Å². The molecule has 2 N–H and O–H groups in total. The molecule has 0 spiro atoms. The van der Waals surface area contributed by atoms with Gasteiger partial charge in [-0.25, -0.2) is 0 Å². The van der Waals surface area contributed by atoms with Gasteiger partial charge in [0.25, 0.3) is 0 Å². The number of hydrogen-bond acceptors (Lipinski definition) is 5. The van der Waals surface area contributed by atoms with E-state index >= 15 is 0 Å². The van der Waals surface area contributed by atoms with Gasteiger partial charge in [-0.05, 0) is 44.7 Å². The highest BCUT2D eigenvalue weighted by Crippen LogP contribution is 2.16. The van der Waals surface area contributed by atoms with E-state index in [1.54, 1.807) is 7.05 Å². The topological polar surface area (TPSA) is 58.6 Å². The second-order valence-corrected chi connectivity index (χ2v) is 5.45. The largest absolute Gasteiger partial charge is 0.468 e. The summed E-state index contributed by atoms with van der Waals surface area (Å²) in [7, 11) is 3.20. The van der Waals surface area contributed by atoms with Gasteiger partial charge in [0.2, 0.25) is 0 Å². The number of likely N-dealkylation sites (N-methyl/N-ethyl adjacent to an activating group) is 1. The van der Waals surface area contributed by atoms with E-state index in [1.165, 1.54) is 7.11 Å². The van der Waals surface area contributed by atoms with Crippen molar-refractivity contribution in [3.63, 3.8) is 0 Å². The van der Waals surface area contributed by atoms with E-state index in [2.05, 4.69) is 5.32 Å². The van der Waals surface area contributed by atoms with Crippen LogP contribution in [0.25, 0.3) is 0 Å². The van der Waals surface area contributed by atoms with Crippen LogP contribution in [0.5, 0.6) is 0 Å². The molecular weight excluding hydrogens is 238 g/mol. The third-order valence-electron chi connectivity index (χ3n) is 2.85. The molecule has 0 aliphatic heterocycles. The molecule has 0 bridgehead atoms. The number of hydrogen-bond donors (Lipinski definition) is 2. The number of nitrogens with one attached hydrogen (secondary N) is 1. The molecule has 0 saturated carbocycles. The second kappa shape index (κ2) is 9.74. The number of carbonyl (C=O) groups excluding carboxylic acids is 1. The molecule has 0 aromatic carbocycles. The van der Waals surface area contributed by atoms with Crippen LogP contribution in [-0.4, -0.2) is 48.9 Å². The summed E-state index contributed by atoms with van der Waals surface area (Å²) in [6.45, 7) is 2.14. The summed E-state index contributed by atoms with van der Waals surface area (Å²) < 4.78 is 4.78. The van der Waals surface area contributed by atoms with Gasteiger partial charge in [0.05, 0.1) is 7.11 Å². The standard InChI is InChI=1S/C12H25NO3S/c1-12(13-2,11(15)16-3)7-4-5-9-17-10-6-8-14/h13-14H,4-10H2,1-3H3. The maximum atomic E-state index is 11.6. The average Bonchev–Trinajstić information content (AvgIpc) is 2.36. The van der Waals surface area contributed by atoms with Crippen molar-refractivity contribution in [1.29, 1.82) is 0 Å². The van der Waals surface area contributed by atoms with Gasteiger partial charge in [-0.3, -0.25) is 4.79 Å². The van der Waals surface area contributed by atoms with Crippen LogP contribution in [0.4, 0.5) is 0 Å². The Labute approximate surface area is 108 Å². The summed E-state index contributed by atoms with van der Waals surface area (Å²) in [5, 5.41) is 11.6. The maximum Gasteiger partial charge on any atom is 0.325 e. The first kappa shape index (κ1) is 16.7. The molecule has 0 aliphatic rings. The fraction of sp³-hybridized carbons (Fsp3) is 0.917. The van der Waals surface area contributed by atoms with Crippen LogP contribution in [0.2, 0.25) is 0 Å². The number of esters is 1. The van der Waals surface area contributed by atoms with Crippen molar-refractivity contribution < 1.29 is 14.6 Å². The fourth-order valence-corrected chi connectivity index (χ4v) is 2.45. The zero-order valence-corrected chi connectivity index (χ0v) is 11.9. The second-order valence-electron chi connectivity index (χ2n) is 4.22. The van der Waals surface area contributed by atoms with Crippen molar-refractivity contribution in [2.75, 3.05) is 32.3 Å². The van der Waals surface area contributed by atoms with Crippen LogP contribution in [0, 0.1) is 0 Å². The number of methoxy groups -OCH3 is 1. The first-order valence-corrected chi connectivity index (χ1v) is 7.22. The lowest BCUT2D eigenvalue weighted by Crippen LogP contribution is -2.48. The minimum Gasteiger partial charge on any atom is -0.468 e. The lowest BCUT2D eigenvalue weighted by Gasteiger charge is -2.25. The summed E-state index contributed by atoms with van der Waals surface area (Å²) in [6.07, 6.45) is 3.74. The molecule has 1 atom stereocenters. The molecule has 0 radical (unpaired) electrons. The highest BCUT2D eigenvalue weighted by atomic mass is 32.2. The van der Waals surface area contributed by atoms with E-state index in [1.807, 2.05) is 18.7 Å². The van der Waals surface area contributed by atoms with Crippen LogP contribution in [0.1, 0.15) is 32.6 Å². The molecule has 0 rings (SSSR count). The average molecular weight is 263 g/mol. The Bertz CT molecular complexity index is 214. The van der Waals surface area contributed by atoms with E-state index in [4.69, 9.17) is 9.84 Å². The normalized spacial score (nSPS) is 14.4. The third-order valence-corrected chi connectivity index (χ3v) is 4.00. The van der Waals surface area contributed by atoms with Crippen molar-refractivity contribution in [3.05, 3.63) is 0 Å². The number of aliphatic hydroxyl groups excluding tert-OH is 1. The van der Waals surface area contributed by atoms with Crippen molar-refractivity contribution in [2.45, 2.75) is 38.1 Å². The van der Waals surface area contributed by atoms with Gasteiger partial charge in [0.15, 0.2) is 0 Å². The van der Waals surface area contributed by atoms with E-state index in [9.17, 15) is 4.79 Å². The highest BCUT2D eigenvalue weighted by Gasteiger charge is 2.31. The molecule has 4 nitrogen and oxygen atoms in total. The van der Waals surface area contributed by atoms with Gasteiger partial charge < -0.3 is 15.2 Å². The van der Waals surface area contributed by atoms with Crippen LogP contribution in [0.15, 0.2) is 0 Å². The van der Waals surface area contributed by atoms with Crippen molar-refractivity contribution in [1.82, 2.24) is 5.32 Å². The maximum absolute atomic E-state index is 11.6. The van der Waals surface area contributed by atoms with E-state index in [-0.39, 0.29) is 12.6 Å². The fourth-order valence-electron chi connectivity index (χ4n) is 1.51. The van der Waals surface area contributed by atoms with E-state index in [0.29, 0.717) is 0 Å². The van der Waals surface area contributed by atoms with Gasteiger partial charge in [-0.15, -0.1) is 0 Å². The number of rotatable bonds is 10. The molecule has 0 amide bonds. The van der Waals surface area contributed by atoms with Gasteiger partial charge in [0.1, 0.15) is 5.54 Å².